The third-order valence-electron chi connectivity index (χ3n) is 7.12. The van der Waals surface area contributed by atoms with Gasteiger partial charge >= 0.3 is 12.3 Å². The maximum absolute atomic E-state index is 13.6. The van der Waals surface area contributed by atoms with Gasteiger partial charge in [-0.3, -0.25) is 4.79 Å². The molecule has 2 saturated carbocycles. The molecule has 0 aliphatic heterocycles. The fourth-order valence-electron chi connectivity index (χ4n) is 4.93. The summed E-state index contributed by atoms with van der Waals surface area (Å²) in [5, 5.41) is 14.4. The van der Waals surface area contributed by atoms with Crippen LogP contribution in [0.1, 0.15) is 60.1 Å². The number of alkyl halides is 3. The monoisotopic (exact) mass is 531 g/mol. The van der Waals surface area contributed by atoms with Crippen LogP contribution in [-0.2, 0) is 6.18 Å². The van der Waals surface area contributed by atoms with Gasteiger partial charge in [0, 0.05) is 23.3 Å². The zero-order valence-corrected chi connectivity index (χ0v) is 20.7. The van der Waals surface area contributed by atoms with E-state index in [0.29, 0.717) is 60.5 Å². The molecule has 5 rings (SSSR count). The minimum absolute atomic E-state index is 0.133. The molecule has 0 saturated heterocycles. The van der Waals surface area contributed by atoms with Crippen LogP contribution >= 0.6 is 0 Å². The Kier molecular flexibility index (Phi) is 6.89. The predicted molar refractivity (Wildman–Crippen MR) is 132 cm³/mol. The number of carbonyl (C=O) groups excluding carboxylic acids is 1. The van der Waals surface area contributed by atoms with Crippen molar-refractivity contribution >= 4 is 23.0 Å². The van der Waals surface area contributed by atoms with Gasteiger partial charge in [-0.1, -0.05) is 0 Å². The van der Waals surface area contributed by atoms with E-state index in [9.17, 15) is 22.8 Å². The van der Waals surface area contributed by atoms with Gasteiger partial charge in [0.2, 0.25) is 0 Å². The molecule has 12 heteroatoms. The first-order valence-electron chi connectivity index (χ1n) is 12.6. The molecule has 2 fully saturated rings. The number of amides is 2. The van der Waals surface area contributed by atoms with Gasteiger partial charge in [0.05, 0.1) is 23.3 Å². The Morgan fingerprint density at radius 3 is 2.39 bits per heavy atom. The van der Waals surface area contributed by atoms with Crippen molar-refractivity contribution in [2.75, 3.05) is 6.61 Å². The van der Waals surface area contributed by atoms with Crippen molar-refractivity contribution < 1.29 is 32.6 Å². The first kappa shape index (κ1) is 25.8. The van der Waals surface area contributed by atoms with E-state index in [1.165, 1.54) is 12.4 Å². The van der Waals surface area contributed by atoms with Crippen molar-refractivity contribution in [1.29, 1.82) is 0 Å². The highest BCUT2D eigenvalue weighted by Gasteiger charge is 2.33. The third-order valence-corrected chi connectivity index (χ3v) is 7.12. The summed E-state index contributed by atoms with van der Waals surface area (Å²) in [6.07, 6.45) is 0.115. The number of aryl methyl sites for hydroxylation is 1. The number of hydrogen-bond donors (Lipinski definition) is 4. The van der Waals surface area contributed by atoms with Gasteiger partial charge in [-0.05, 0) is 69.6 Å². The number of benzene rings is 1. The average molecular weight is 532 g/mol. The maximum Gasteiger partial charge on any atom is 0.416 e. The third kappa shape index (κ3) is 5.53. The molecule has 9 nitrogen and oxygen atoms in total. The van der Waals surface area contributed by atoms with E-state index in [1.807, 2.05) is 0 Å². The number of aromatic nitrogens is 3. The molecule has 0 atom stereocenters. The number of aromatic amines is 1. The molecule has 2 aliphatic carbocycles. The number of H-pyrrole nitrogens is 1. The Bertz CT molecular complexity index is 1360. The van der Waals surface area contributed by atoms with Gasteiger partial charge in [0.1, 0.15) is 23.3 Å². The summed E-state index contributed by atoms with van der Waals surface area (Å²) in [6.45, 7) is 2.11. The van der Waals surface area contributed by atoms with Crippen molar-refractivity contribution in [3.63, 3.8) is 0 Å². The lowest BCUT2D eigenvalue weighted by Gasteiger charge is -2.28. The van der Waals surface area contributed by atoms with Crippen molar-refractivity contribution in [1.82, 2.24) is 25.6 Å². The van der Waals surface area contributed by atoms with E-state index in [0.717, 1.165) is 25.0 Å². The molecule has 4 N–H and O–H groups in total. The lowest BCUT2D eigenvalue weighted by molar-refractivity contribution is -0.137. The molecule has 3 aromatic rings. The van der Waals surface area contributed by atoms with Crippen molar-refractivity contribution in [2.45, 2.75) is 63.7 Å². The zero-order valence-electron chi connectivity index (χ0n) is 20.7. The molecule has 2 amide bonds. The summed E-state index contributed by atoms with van der Waals surface area (Å²) in [5.74, 6) is 0.325. The Morgan fingerprint density at radius 2 is 1.76 bits per heavy atom. The molecular formula is C26H28F3N5O4. The second-order valence-electron chi connectivity index (χ2n) is 10.0. The molecule has 38 heavy (non-hydrogen) atoms. The van der Waals surface area contributed by atoms with Crippen LogP contribution in [0.25, 0.3) is 22.3 Å². The van der Waals surface area contributed by atoms with Crippen LogP contribution in [0.5, 0.6) is 5.75 Å². The minimum Gasteiger partial charge on any atom is -0.493 e. The van der Waals surface area contributed by atoms with Crippen LogP contribution in [-0.4, -0.2) is 50.7 Å². The van der Waals surface area contributed by atoms with E-state index < -0.39 is 17.8 Å². The summed E-state index contributed by atoms with van der Waals surface area (Å²) >= 11 is 0. The summed E-state index contributed by atoms with van der Waals surface area (Å²) < 4.78 is 46.6. The molecule has 1 aromatic carbocycles. The number of fused-ring (bicyclic) bond motifs is 1. The van der Waals surface area contributed by atoms with Gasteiger partial charge in [0.15, 0.2) is 0 Å². The molecule has 0 radical (unpaired) electrons. The Balaban J connectivity index is 1.44. The first-order valence-corrected chi connectivity index (χ1v) is 12.6. The SMILES string of the molecule is Cc1[nH]c2c(-c3cc(C(F)(F)F)ccc3OCC3CC3)ncnc2c1C(=O)N[C@H]1CC[C@H](NC(=O)O)CC1. The van der Waals surface area contributed by atoms with Crippen LogP contribution in [0.15, 0.2) is 24.5 Å². The number of ether oxygens (including phenoxy) is 1. The second-order valence-corrected chi connectivity index (χ2v) is 10.0. The number of nitrogens with zero attached hydrogens (tertiary/aromatic N) is 2. The van der Waals surface area contributed by atoms with Crippen LogP contribution in [0.3, 0.4) is 0 Å². The first-order chi connectivity index (χ1) is 18.1. The lowest BCUT2D eigenvalue weighted by Crippen LogP contribution is -2.43. The van der Waals surface area contributed by atoms with Crippen LogP contribution < -0.4 is 15.4 Å². The Labute approximate surface area is 216 Å². The lowest BCUT2D eigenvalue weighted by atomic mass is 9.91. The van der Waals surface area contributed by atoms with Crippen molar-refractivity contribution in [2.24, 2.45) is 5.92 Å². The molecule has 0 spiro atoms. The number of rotatable bonds is 7. The van der Waals surface area contributed by atoms with Gasteiger partial charge < -0.3 is 25.5 Å². The maximum atomic E-state index is 13.6. The predicted octanol–water partition coefficient (Wildman–Crippen LogP) is 5.05. The fraction of sp³-hybridized carbons (Fsp3) is 0.462. The highest BCUT2D eigenvalue weighted by Crippen LogP contribution is 2.40. The van der Waals surface area contributed by atoms with Crippen LogP contribution in [0.2, 0.25) is 0 Å². The van der Waals surface area contributed by atoms with E-state index in [1.54, 1.807) is 6.92 Å². The average Bonchev–Trinajstić information content (AvgIpc) is 3.62. The number of carbonyl (C=O) groups is 2. The molecule has 2 aromatic heterocycles. The van der Waals surface area contributed by atoms with E-state index in [-0.39, 0.29) is 35.0 Å². The van der Waals surface area contributed by atoms with E-state index in [2.05, 4.69) is 25.6 Å². The topological polar surface area (TPSA) is 129 Å². The van der Waals surface area contributed by atoms with Gasteiger partial charge in [-0.2, -0.15) is 13.2 Å². The van der Waals surface area contributed by atoms with Crippen LogP contribution in [0.4, 0.5) is 18.0 Å². The Morgan fingerprint density at radius 1 is 1.08 bits per heavy atom. The van der Waals surface area contributed by atoms with Gasteiger partial charge in [-0.25, -0.2) is 14.8 Å². The largest absolute Gasteiger partial charge is 0.493 e. The highest BCUT2D eigenvalue weighted by molar-refractivity contribution is 6.09. The number of hydrogen-bond acceptors (Lipinski definition) is 5. The molecule has 202 valence electrons. The standard InChI is InChI=1S/C26H28F3N5O4/c1-13-20(24(35)33-16-5-7-17(8-6-16)34-25(36)37)22-23(32-13)21(30-12-31-22)18-10-15(26(27,28)29)4-9-19(18)38-11-14-2-3-14/h4,9-10,12,14,16-17,32,34H,2-3,5-8,11H2,1H3,(H,33,35)(H,36,37)/t16-,17-. The van der Waals surface area contributed by atoms with Crippen molar-refractivity contribution in [3.05, 3.63) is 41.3 Å². The Hall–Kier alpha value is -3.83. The molecule has 0 unspecified atom stereocenters. The molecule has 2 aliphatic rings. The fourth-order valence-corrected chi connectivity index (χ4v) is 4.93. The second kappa shape index (κ2) is 10.1. The highest BCUT2D eigenvalue weighted by atomic mass is 19.4. The normalized spacial score (nSPS) is 19.8. The molecular weight excluding hydrogens is 503 g/mol. The number of halogens is 3. The summed E-state index contributed by atoms with van der Waals surface area (Å²) in [5.41, 5.74) is 1.01. The number of carboxylic acid groups (broad SMARTS) is 1. The van der Waals surface area contributed by atoms with Crippen LogP contribution in [0, 0.1) is 12.8 Å². The minimum atomic E-state index is -4.55. The molecule has 0 bridgehead atoms. The zero-order chi connectivity index (χ0) is 27.0. The molecule has 2 heterocycles. The van der Waals surface area contributed by atoms with E-state index >= 15 is 0 Å². The van der Waals surface area contributed by atoms with Crippen molar-refractivity contribution in [3.8, 4) is 17.0 Å². The smallest absolute Gasteiger partial charge is 0.416 e. The van der Waals surface area contributed by atoms with Gasteiger partial charge in [0.25, 0.3) is 5.91 Å². The summed E-state index contributed by atoms with van der Waals surface area (Å²) in [7, 11) is 0. The summed E-state index contributed by atoms with van der Waals surface area (Å²) in [4.78, 5) is 35.8. The van der Waals surface area contributed by atoms with E-state index in [4.69, 9.17) is 9.84 Å². The van der Waals surface area contributed by atoms with Gasteiger partial charge in [-0.15, -0.1) is 0 Å². The summed E-state index contributed by atoms with van der Waals surface area (Å²) in [6, 6.07) is 3.04. The quantitative estimate of drug-likeness (QED) is 0.338. The number of nitrogens with one attached hydrogen (secondary N) is 3.